The van der Waals surface area contributed by atoms with Gasteiger partial charge in [-0.05, 0) is 37.1 Å². The van der Waals surface area contributed by atoms with Crippen LogP contribution in [0.25, 0.3) is 0 Å². The number of hydrogen-bond acceptors (Lipinski definition) is 5. The van der Waals surface area contributed by atoms with Crippen molar-refractivity contribution in [3.63, 3.8) is 0 Å². The largest absolute Gasteiger partial charge is 0.391 e. The van der Waals surface area contributed by atoms with Gasteiger partial charge in [-0.25, -0.2) is 14.8 Å². The van der Waals surface area contributed by atoms with E-state index in [1.165, 1.54) is 11.0 Å². The van der Waals surface area contributed by atoms with Gasteiger partial charge in [0.1, 0.15) is 11.5 Å². The lowest BCUT2D eigenvalue weighted by Gasteiger charge is -2.35. The van der Waals surface area contributed by atoms with Gasteiger partial charge in [0.15, 0.2) is 11.6 Å². The van der Waals surface area contributed by atoms with Crippen LogP contribution < -0.4 is 15.1 Å². The Hall–Kier alpha value is -3.17. The minimum Gasteiger partial charge on any atom is -0.366 e. The van der Waals surface area contributed by atoms with Crippen LogP contribution in [0.5, 0.6) is 0 Å². The van der Waals surface area contributed by atoms with E-state index in [1.807, 2.05) is 13.0 Å². The Balaban J connectivity index is 1.64. The number of urea groups is 1. The number of fused-ring (bicyclic) bond motifs is 4. The summed E-state index contributed by atoms with van der Waals surface area (Å²) in [5.41, 5.74) is 1.39. The number of aryl methyl sites for hydroxylation is 1. The smallest absolute Gasteiger partial charge is 0.366 e. The third-order valence-corrected chi connectivity index (χ3v) is 5.74. The molecule has 2 aromatic heterocycles. The molecular weight excluding hydrogens is 411 g/mol. The highest BCUT2D eigenvalue weighted by atomic mass is 19.4. The Labute approximate surface area is 177 Å². The van der Waals surface area contributed by atoms with Gasteiger partial charge in [-0.1, -0.05) is 13.0 Å². The number of halogens is 3. The van der Waals surface area contributed by atoms with Crippen molar-refractivity contribution >= 4 is 29.1 Å². The van der Waals surface area contributed by atoms with Crippen molar-refractivity contribution in [2.75, 3.05) is 28.2 Å². The Bertz CT molecular complexity index is 1030. The summed E-state index contributed by atoms with van der Waals surface area (Å²) in [6.45, 7) is 4.14. The van der Waals surface area contributed by atoms with Crippen molar-refractivity contribution < 1.29 is 22.8 Å². The van der Waals surface area contributed by atoms with Gasteiger partial charge in [0.25, 0.3) is 0 Å². The average molecular weight is 433 g/mol. The summed E-state index contributed by atoms with van der Waals surface area (Å²) in [6, 6.07) is 6.08. The topological polar surface area (TPSA) is 78.4 Å². The van der Waals surface area contributed by atoms with E-state index < -0.39 is 30.3 Å². The van der Waals surface area contributed by atoms with E-state index in [0.717, 1.165) is 25.5 Å². The predicted molar refractivity (Wildman–Crippen MR) is 109 cm³/mol. The third-order valence-electron chi connectivity index (χ3n) is 5.74. The minimum absolute atomic E-state index is 0.0795. The lowest BCUT2D eigenvalue weighted by molar-refractivity contribution is -0.168. The molecule has 2 bridgehead atoms. The standard InChI is InChI=1S/C21H22F3N5O2/c1-12-4-3-8-25-18(12)27-20(31)29-14-7-9-28(11-14)16-6-5-15(26-19(16)29)17(30)10-13(2)21(22,23)24/h3-6,8,13-14H,7,9-11H2,1-2H3,(H,25,27,31)/t13-,14-/m0/s1. The van der Waals surface area contributed by atoms with Crippen LogP contribution in [0.15, 0.2) is 30.5 Å². The molecule has 10 heteroatoms. The first-order chi connectivity index (χ1) is 14.6. The van der Waals surface area contributed by atoms with Crippen LogP contribution >= 0.6 is 0 Å². The molecule has 0 unspecified atom stereocenters. The van der Waals surface area contributed by atoms with E-state index in [1.54, 1.807) is 18.3 Å². The second-order valence-electron chi connectivity index (χ2n) is 7.97. The van der Waals surface area contributed by atoms with Crippen molar-refractivity contribution in [2.45, 2.75) is 38.9 Å². The zero-order valence-corrected chi connectivity index (χ0v) is 17.1. The highest BCUT2D eigenvalue weighted by Crippen LogP contribution is 2.39. The van der Waals surface area contributed by atoms with E-state index in [-0.39, 0.29) is 17.6 Å². The van der Waals surface area contributed by atoms with Crippen LogP contribution in [0.4, 0.5) is 35.3 Å². The molecule has 7 nitrogen and oxygen atoms in total. The van der Waals surface area contributed by atoms with Crippen molar-refractivity contribution in [3.05, 3.63) is 41.7 Å². The molecule has 2 aromatic rings. The van der Waals surface area contributed by atoms with Crippen LogP contribution in [0.3, 0.4) is 0 Å². The number of hydrogen-bond donors (Lipinski definition) is 1. The monoisotopic (exact) mass is 433 g/mol. The van der Waals surface area contributed by atoms with E-state index in [9.17, 15) is 22.8 Å². The number of anilines is 3. The molecule has 2 atom stereocenters. The molecule has 0 radical (unpaired) electrons. The van der Waals surface area contributed by atoms with Crippen molar-refractivity contribution in [1.82, 2.24) is 9.97 Å². The van der Waals surface area contributed by atoms with E-state index in [0.29, 0.717) is 18.1 Å². The molecule has 2 amide bonds. The lowest BCUT2D eigenvalue weighted by atomic mass is 10.0. The zero-order valence-electron chi connectivity index (χ0n) is 17.1. The fraction of sp³-hybridized carbons (Fsp3) is 0.429. The summed E-state index contributed by atoms with van der Waals surface area (Å²) in [4.78, 5) is 37.7. The first kappa shape index (κ1) is 21.1. The summed E-state index contributed by atoms with van der Waals surface area (Å²) >= 11 is 0. The number of carbonyl (C=O) groups is 2. The van der Waals surface area contributed by atoms with Crippen molar-refractivity contribution in [2.24, 2.45) is 5.92 Å². The quantitative estimate of drug-likeness (QED) is 0.732. The highest BCUT2D eigenvalue weighted by molar-refractivity contribution is 6.05. The molecule has 2 aliphatic heterocycles. The normalized spacial score (nSPS) is 18.5. The highest BCUT2D eigenvalue weighted by Gasteiger charge is 2.41. The van der Waals surface area contributed by atoms with Gasteiger partial charge >= 0.3 is 12.2 Å². The predicted octanol–water partition coefficient (Wildman–Crippen LogP) is 4.19. The summed E-state index contributed by atoms with van der Waals surface area (Å²) in [7, 11) is 0. The van der Waals surface area contributed by atoms with Gasteiger partial charge in [-0.2, -0.15) is 13.2 Å². The van der Waals surface area contributed by atoms with Gasteiger partial charge in [0.05, 0.1) is 17.6 Å². The molecule has 0 aromatic carbocycles. The molecular formula is C21H22F3N5O2. The van der Waals surface area contributed by atoms with Gasteiger partial charge < -0.3 is 4.90 Å². The first-order valence-electron chi connectivity index (χ1n) is 10.0. The van der Waals surface area contributed by atoms with E-state index >= 15 is 0 Å². The van der Waals surface area contributed by atoms with Crippen LogP contribution in [0, 0.1) is 12.8 Å². The maximum atomic E-state index is 13.1. The van der Waals surface area contributed by atoms with Gasteiger partial charge in [0.2, 0.25) is 0 Å². The van der Waals surface area contributed by atoms with Crippen LogP contribution in [0.2, 0.25) is 0 Å². The molecule has 2 aliphatic rings. The average Bonchev–Trinajstić information content (AvgIpc) is 3.13. The third kappa shape index (κ3) is 4.06. The molecule has 4 heterocycles. The van der Waals surface area contributed by atoms with Crippen molar-refractivity contribution in [3.8, 4) is 0 Å². The molecule has 1 fully saturated rings. The number of rotatable bonds is 4. The number of amides is 2. The second kappa shape index (κ2) is 7.82. The Morgan fingerprint density at radius 1 is 1.29 bits per heavy atom. The number of nitrogens with zero attached hydrogens (tertiary/aromatic N) is 4. The molecule has 1 N–H and O–H groups in total. The van der Waals surface area contributed by atoms with Crippen LogP contribution in [-0.2, 0) is 0 Å². The number of pyridine rings is 2. The second-order valence-corrected chi connectivity index (χ2v) is 7.97. The lowest BCUT2D eigenvalue weighted by Crippen LogP contribution is -2.48. The minimum atomic E-state index is -4.46. The summed E-state index contributed by atoms with van der Waals surface area (Å²) in [5.74, 6) is -1.78. The van der Waals surface area contributed by atoms with Gasteiger partial charge in [0, 0.05) is 25.7 Å². The maximum absolute atomic E-state index is 13.1. The molecule has 1 saturated heterocycles. The van der Waals surface area contributed by atoms with Gasteiger partial charge in [-0.3, -0.25) is 15.0 Å². The fourth-order valence-corrected chi connectivity index (χ4v) is 3.90. The molecule has 164 valence electrons. The number of aromatic nitrogens is 2. The molecule has 4 rings (SSSR count). The Morgan fingerprint density at radius 2 is 2.06 bits per heavy atom. The number of alkyl halides is 3. The molecule has 0 spiro atoms. The summed E-state index contributed by atoms with van der Waals surface area (Å²) in [5, 5.41) is 2.79. The maximum Gasteiger partial charge on any atom is 0.391 e. The van der Waals surface area contributed by atoms with E-state index in [4.69, 9.17) is 0 Å². The molecule has 0 saturated carbocycles. The Morgan fingerprint density at radius 3 is 2.77 bits per heavy atom. The van der Waals surface area contributed by atoms with Crippen LogP contribution in [-0.4, -0.2) is 47.1 Å². The summed E-state index contributed by atoms with van der Waals surface area (Å²) < 4.78 is 38.6. The number of Topliss-reactive ketones (excluding diaryl/α,β-unsaturated/α-hetero) is 1. The first-order valence-corrected chi connectivity index (χ1v) is 10.0. The molecule has 31 heavy (non-hydrogen) atoms. The number of ketones is 1. The zero-order chi connectivity index (χ0) is 22.3. The Kier molecular flexibility index (Phi) is 5.32. The molecule has 0 aliphatic carbocycles. The van der Waals surface area contributed by atoms with E-state index in [2.05, 4.69) is 20.2 Å². The van der Waals surface area contributed by atoms with Crippen LogP contribution in [0.1, 0.15) is 35.8 Å². The van der Waals surface area contributed by atoms with Crippen molar-refractivity contribution in [1.29, 1.82) is 0 Å². The number of carbonyl (C=O) groups excluding carboxylic acids is 2. The fourth-order valence-electron chi connectivity index (χ4n) is 3.90. The number of nitrogens with one attached hydrogen (secondary N) is 1. The SMILES string of the molecule is Cc1cccnc1NC(=O)N1c2nc(C(=O)C[C@H](C)C(F)(F)F)ccc2N2CC[C@H]1C2. The van der Waals surface area contributed by atoms with Gasteiger partial charge in [-0.15, -0.1) is 0 Å². The summed E-state index contributed by atoms with van der Waals surface area (Å²) in [6.07, 6.45) is -2.86.